The topological polar surface area (TPSA) is 92.9 Å². The standard InChI is InChI=1S/C33H53N7O/c1-3-5-7-8-9-10-18-34-19-11-13-25-39(24-12-6-4-2)26-29-14-16-30(17-15-29)33(41)40(27-31-35-20-21-36-31)28-32-37-22-23-38-32/h14-17,20-23,34H,3-13,18-19,24-28H2,1-2H3,(H,35,36)(H,37,38). The Morgan fingerprint density at radius 3 is 1.83 bits per heavy atom. The first kappa shape index (κ1) is 32.5. The van der Waals surface area contributed by atoms with Crippen LogP contribution < -0.4 is 5.32 Å². The minimum atomic E-state index is -0.0300. The molecule has 3 N–H and O–H groups in total. The zero-order valence-electron chi connectivity index (χ0n) is 25.5. The van der Waals surface area contributed by atoms with E-state index in [4.69, 9.17) is 0 Å². The summed E-state index contributed by atoms with van der Waals surface area (Å²) in [7, 11) is 0. The van der Waals surface area contributed by atoms with Crippen LogP contribution in [0, 0.1) is 0 Å². The van der Waals surface area contributed by atoms with E-state index in [1.807, 2.05) is 12.1 Å². The number of carbonyl (C=O) groups excluding carboxylic acids is 1. The summed E-state index contributed by atoms with van der Waals surface area (Å²) in [5, 5.41) is 3.64. The zero-order valence-corrected chi connectivity index (χ0v) is 25.5. The number of unbranched alkanes of at least 4 members (excludes halogenated alkanes) is 8. The molecule has 226 valence electrons. The molecule has 8 nitrogen and oxygen atoms in total. The monoisotopic (exact) mass is 563 g/mol. The summed E-state index contributed by atoms with van der Waals surface area (Å²) in [5.74, 6) is 1.47. The van der Waals surface area contributed by atoms with E-state index in [1.54, 1.807) is 29.7 Å². The van der Waals surface area contributed by atoms with E-state index in [9.17, 15) is 4.79 Å². The number of aromatic amines is 2. The number of nitrogens with zero attached hydrogens (tertiary/aromatic N) is 4. The smallest absolute Gasteiger partial charge is 0.254 e. The molecule has 0 saturated carbocycles. The molecular weight excluding hydrogens is 510 g/mol. The highest BCUT2D eigenvalue weighted by molar-refractivity contribution is 5.94. The average Bonchev–Trinajstić information content (AvgIpc) is 3.70. The Balaban J connectivity index is 1.46. The number of nitrogens with one attached hydrogen (secondary N) is 3. The first-order valence-corrected chi connectivity index (χ1v) is 16.0. The minimum absolute atomic E-state index is 0.0300. The van der Waals surface area contributed by atoms with Crippen LogP contribution in [0.2, 0.25) is 0 Å². The van der Waals surface area contributed by atoms with Crippen LogP contribution in [0.5, 0.6) is 0 Å². The van der Waals surface area contributed by atoms with Crippen LogP contribution in [-0.2, 0) is 19.6 Å². The van der Waals surface area contributed by atoms with E-state index < -0.39 is 0 Å². The highest BCUT2D eigenvalue weighted by atomic mass is 16.2. The third-order valence-corrected chi connectivity index (χ3v) is 7.55. The van der Waals surface area contributed by atoms with E-state index in [2.05, 4.69) is 56.1 Å². The molecule has 41 heavy (non-hydrogen) atoms. The fraction of sp³-hybridized carbons (Fsp3) is 0.606. The van der Waals surface area contributed by atoms with Gasteiger partial charge in [-0.2, -0.15) is 0 Å². The zero-order chi connectivity index (χ0) is 29.0. The van der Waals surface area contributed by atoms with Crippen LogP contribution >= 0.6 is 0 Å². The molecule has 2 heterocycles. The summed E-state index contributed by atoms with van der Waals surface area (Å²) in [5.41, 5.74) is 1.93. The van der Waals surface area contributed by atoms with Crippen molar-refractivity contribution in [2.45, 2.75) is 104 Å². The van der Waals surface area contributed by atoms with Crippen molar-refractivity contribution in [1.82, 2.24) is 35.1 Å². The maximum absolute atomic E-state index is 13.5. The first-order chi connectivity index (χ1) is 20.2. The minimum Gasteiger partial charge on any atom is -0.347 e. The molecule has 1 aromatic carbocycles. The summed E-state index contributed by atoms with van der Waals surface area (Å²) in [6.45, 7) is 10.7. The summed E-state index contributed by atoms with van der Waals surface area (Å²) in [4.78, 5) is 32.6. The predicted molar refractivity (Wildman–Crippen MR) is 167 cm³/mol. The molecule has 0 saturated heterocycles. The molecule has 0 aliphatic carbocycles. The molecule has 3 aromatic rings. The van der Waals surface area contributed by atoms with Crippen molar-refractivity contribution < 1.29 is 4.79 Å². The Morgan fingerprint density at radius 2 is 1.24 bits per heavy atom. The van der Waals surface area contributed by atoms with Crippen LogP contribution in [0.15, 0.2) is 49.1 Å². The number of aromatic nitrogens is 4. The largest absolute Gasteiger partial charge is 0.347 e. The third-order valence-electron chi connectivity index (χ3n) is 7.55. The third kappa shape index (κ3) is 13.0. The number of benzene rings is 1. The van der Waals surface area contributed by atoms with E-state index in [1.165, 1.54) is 76.2 Å². The van der Waals surface area contributed by atoms with Crippen molar-refractivity contribution in [2.75, 3.05) is 26.2 Å². The van der Waals surface area contributed by atoms with Gasteiger partial charge >= 0.3 is 0 Å². The first-order valence-electron chi connectivity index (χ1n) is 16.0. The fourth-order valence-electron chi connectivity index (χ4n) is 5.12. The summed E-state index contributed by atoms with van der Waals surface area (Å²) in [6.07, 6.45) is 21.3. The molecule has 0 fully saturated rings. The molecule has 0 spiro atoms. The number of carbonyl (C=O) groups is 1. The van der Waals surface area contributed by atoms with Crippen LogP contribution in [0.4, 0.5) is 0 Å². The van der Waals surface area contributed by atoms with Gasteiger partial charge in [0, 0.05) is 36.9 Å². The Hall–Kier alpha value is -2.97. The second-order valence-corrected chi connectivity index (χ2v) is 11.1. The summed E-state index contributed by atoms with van der Waals surface area (Å²) in [6, 6.07) is 8.15. The summed E-state index contributed by atoms with van der Waals surface area (Å²) < 4.78 is 0. The number of amides is 1. The lowest BCUT2D eigenvalue weighted by Gasteiger charge is -2.23. The molecule has 0 aliphatic rings. The van der Waals surface area contributed by atoms with Crippen molar-refractivity contribution in [3.05, 3.63) is 71.8 Å². The number of imidazole rings is 2. The van der Waals surface area contributed by atoms with Crippen LogP contribution in [-0.4, -0.2) is 61.8 Å². The number of H-pyrrole nitrogens is 2. The highest BCUT2D eigenvalue weighted by Gasteiger charge is 2.19. The van der Waals surface area contributed by atoms with Crippen molar-refractivity contribution in [3.8, 4) is 0 Å². The van der Waals surface area contributed by atoms with Gasteiger partial charge in [0.15, 0.2) is 0 Å². The molecule has 1 amide bonds. The quantitative estimate of drug-likeness (QED) is 0.112. The lowest BCUT2D eigenvalue weighted by Crippen LogP contribution is -2.31. The van der Waals surface area contributed by atoms with Gasteiger partial charge in [-0.05, 0) is 69.6 Å². The van der Waals surface area contributed by atoms with Crippen molar-refractivity contribution in [1.29, 1.82) is 0 Å². The van der Waals surface area contributed by atoms with Crippen LogP contribution in [0.3, 0.4) is 0 Å². The lowest BCUT2D eigenvalue weighted by molar-refractivity contribution is 0.0721. The number of hydrogen-bond donors (Lipinski definition) is 3. The Labute approximate surface area is 247 Å². The number of rotatable bonds is 23. The van der Waals surface area contributed by atoms with E-state index >= 15 is 0 Å². The molecule has 2 aromatic heterocycles. The predicted octanol–water partition coefficient (Wildman–Crippen LogP) is 6.70. The SMILES string of the molecule is CCCCCCCCNCCCCN(CCCCC)Cc1ccc(C(=O)N(Cc2ncc[nH]2)Cc2ncc[nH]2)cc1. The van der Waals surface area contributed by atoms with Crippen molar-refractivity contribution in [2.24, 2.45) is 0 Å². The van der Waals surface area contributed by atoms with Gasteiger partial charge < -0.3 is 20.2 Å². The van der Waals surface area contributed by atoms with E-state index in [0.29, 0.717) is 18.7 Å². The van der Waals surface area contributed by atoms with Gasteiger partial charge in [-0.1, -0.05) is 70.9 Å². The van der Waals surface area contributed by atoms with Gasteiger partial charge in [-0.25, -0.2) is 9.97 Å². The number of hydrogen-bond acceptors (Lipinski definition) is 5. The Morgan fingerprint density at radius 1 is 0.707 bits per heavy atom. The van der Waals surface area contributed by atoms with Gasteiger partial charge in [0.05, 0.1) is 13.1 Å². The maximum Gasteiger partial charge on any atom is 0.254 e. The lowest BCUT2D eigenvalue weighted by atomic mass is 10.1. The molecule has 0 radical (unpaired) electrons. The Bertz CT molecular complexity index is 998. The highest BCUT2D eigenvalue weighted by Crippen LogP contribution is 2.15. The molecule has 0 unspecified atom stereocenters. The van der Waals surface area contributed by atoms with E-state index in [-0.39, 0.29) is 5.91 Å². The summed E-state index contributed by atoms with van der Waals surface area (Å²) >= 11 is 0. The second kappa shape index (κ2) is 20.0. The van der Waals surface area contributed by atoms with Crippen LogP contribution in [0.25, 0.3) is 0 Å². The molecule has 0 atom stereocenters. The molecule has 0 aliphatic heterocycles. The molecular formula is C33H53N7O. The van der Waals surface area contributed by atoms with Gasteiger partial charge in [0.25, 0.3) is 5.91 Å². The molecule has 3 rings (SSSR count). The van der Waals surface area contributed by atoms with Crippen molar-refractivity contribution in [3.63, 3.8) is 0 Å². The van der Waals surface area contributed by atoms with Crippen molar-refractivity contribution >= 4 is 5.91 Å². The molecule has 8 heteroatoms. The average molecular weight is 564 g/mol. The van der Waals surface area contributed by atoms with Gasteiger partial charge in [0.1, 0.15) is 11.6 Å². The Kier molecular flexibility index (Phi) is 15.9. The van der Waals surface area contributed by atoms with E-state index in [0.717, 1.165) is 44.4 Å². The fourth-order valence-corrected chi connectivity index (χ4v) is 5.12. The maximum atomic E-state index is 13.5. The molecule has 0 bridgehead atoms. The van der Waals surface area contributed by atoms with Crippen LogP contribution in [0.1, 0.15) is 112 Å². The normalized spacial score (nSPS) is 11.4. The van der Waals surface area contributed by atoms with Gasteiger partial charge in [-0.15, -0.1) is 0 Å². The van der Waals surface area contributed by atoms with Gasteiger partial charge in [-0.3, -0.25) is 9.69 Å². The van der Waals surface area contributed by atoms with Gasteiger partial charge in [0.2, 0.25) is 0 Å². The second-order valence-electron chi connectivity index (χ2n) is 11.1.